The van der Waals surface area contributed by atoms with Gasteiger partial charge in [-0.05, 0) is 48.9 Å². The summed E-state index contributed by atoms with van der Waals surface area (Å²) in [6.45, 7) is 1.89. The monoisotopic (exact) mass is 471 g/mol. The van der Waals surface area contributed by atoms with Gasteiger partial charge in [0.15, 0.2) is 5.82 Å². The molecule has 1 amide bonds. The zero-order chi connectivity index (χ0) is 23.7. The molecule has 0 saturated heterocycles. The van der Waals surface area contributed by atoms with Crippen LogP contribution in [-0.2, 0) is 4.79 Å². The lowest BCUT2D eigenvalue weighted by Crippen LogP contribution is -2.31. The summed E-state index contributed by atoms with van der Waals surface area (Å²) in [7, 11) is 1.60. The van der Waals surface area contributed by atoms with E-state index < -0.39 is 6.04 Å². The fourth-order valence-corrected chi connectivity index (χ4v) is 4.20. The van der Waals surface area contributed by atoms with E-state index in [2.05, 4.69) is 20.9 Å². The first kappa shape index (κ1) is 21.7. The SMILES string of the molecule is COc1ccc(NC(=O)C2=C(C)Nc3c(-c4ccccc4)nnn3C2c2ccc(Cl)cc2)cc1. The molecule has 34 heavy (non-hydrogen) atoms. The highest BCUT2D eigenvalue weighted by Crippen LogP contribution is 2.40. The third-order valence-corrected chi connectivity index (χ3v) is 6.00. The standard InChI is InChI=1S/C26H22ClN5O2/c1-16-22(26(33)29-20-12-14-21(34-2)15-13-20)24(18-8-10-19(27)11-9-18)32-25(28-16)23(30-31-32)17-6-4-3-5-7-17/h3-15,24,28H,1-2H3,(H,29,33). The Morgan fingerprint density at radius 3 is 2.41 bits per heavy atom. The Hall–Kier alpha value is -4.10. The Balaban J connectivity index is 1.58. The fraction of sp³-hybridized carbons (Fsp3) is 0.115. The van der Waals surface area contributed by atoms with Crippen molar-refractivity contribution in [1.29, 1.82) is 0 Å². The molecule has 170 valence electrons. The van der Waals surface area contributed by atoms with Gasteiger partial charge in [0.05, 0.1) is 12.7 Å². The molecule has 5 rings (SSSR count). The number of ether oxygens (including phenoxy) is 1. The number of anilines is 2. The second-order valence-electron chi connectivity index (χ2n) is 7.90. The average molecular weight is 472 g/mol. The summed E-state index contributed by atoms with van der Waals surface area (Å²) in [5, 5.41) is 15.9. The first-order valence-corrected chi connectivity index (χ1v) is 11.1. The number of benzene rings is 3. The molecule has 0 spiro atoms. The molecule has 1 atom stereocenters. The van der Waals surface area contributed by atoms with Gasteiger partial charge in [-0.25, -0.2) is 4.68 Å². The second kappa shape index (κ2) is 9.03. The van der Waals surface area contributed by atoms with Crippen LogP contribution in [0.15, 0.2) is 90.1 Å². The summed E-state index contributed by atoms with van der Waals surface area (Å²) in [5.41, 5.74) is 4.44. The Morgan fingerprint density at radius 1 is 1.03 bits per heavy atom. The number of allylic oxidation sites excluding steroid dienone is 1. The van der Waals surface area contributed by atoms with Crippen LogP contribution in [0.25, 0.3) is 11.3 Å². The van der Waals surface area contributed by atoms with Gasteiger partial charge >= 0.3 is 0 Å². The predicted octanol–water partition coefficient (Wildman–Crippen LogP) is 5.53. The fourth-order valence-electron chi connectivity index (χ4n) is 4.07. The molecule has 0 radical (unpaired) electrons. The smallest absolute Gasteiger partial charge is 0.255 e. The van der Waals surface area contributed by atoms with Gasteiger partial charge in [-0.3, -0.25) is 4.79 Å². The van der Waals surface area contributed by atoms with E-state index in [0.717, 1.165) is 22.6 Å². The number of aromatic nitrogens is 3. The second-order valence-corrected chi connectivity index (χ2v) is 8.33. The van der Waals surface area contributed by atoms with Crippen LogP contribution in [-0.4, -0.2) is 28.0 Å². The number of amides is 1. The summed E-state index contributed by atoms with van der Waals surface area (Å²) in [5.74, 6) is 1.20. The minimum atomic E-state index is -0.489. The lowest BCUT2D eigenvalue weighted by molar-refractivity contribution is -0.113. The number of hydrogen-bond acceptors (Lipinski definition) is 5. The van der Waals surface area contributed by atoms with E-state index in [4.69, 9.17) is 16.3 Å². The van der Waals surface area contributed by atoms with Crippen LogP contribution in [0.1, 0.15) is 18.5 Å². The lowest BCUT2D eigenvalue weighted by atomic mass is 9.94. The lowest BCUT2D eigenvalue weighted by Gasteiger charge is -2.29. The first-order valence-electron chi connectivity index (χ1n) is 10.7. The van der Waals surface area contributed by atoms with Crippen molar-refractivity contribution in [3.63, 3.8) is 0 Å². The number of carbonyl (C=O) groups excluding carboxylic acids is 1. The topological polar surface area (TPSA) is 81.1 Å². The van der Waals surface area contributed by atoms with Gasteiger partial charge in [0.2, 0.25) is 0 Å². The summed E-state index contributed by atoms with van der Waals surface area (Å²) in [6.07, 6.45) is 0. The van der Waals surface area contributed by atoms with Gasteiger partial charge in [-0.2, -0.15) is 0 Å². The molecule has 1 aromatic heterocycles. The molecule has 1 aliphatic heterocycles. The highest BCUT2D eigenvalue weighted by atomic mass is 35.5. The zero-order valence-corrected chi connectivity index (χ0v) is 19.4. The molecular weight excluding hydrogens is 450 g/mol. The highest BCUT2D eigenvalue weighted by Gasteiger charge is 2.35. The number of rotatable bonds is 5. The molecular formula is C26H22ClN5O2. The molecule has 2 heterocycles. The normalized spacial score (nSPS) is 14.9. The van der Waals surface area contributed by atoms with E-state index in [-0.39, 0.29) is 5.91 Å². The van der Waals surface area contributed by atoms with Crippen molar-refractivity contribution < 1.29 is 9.53 Å². The van der Waals surface area contributed by atoms with Gasteiger partial charge in [-0.15, -0.1) is 5.10 Å². The molecule has 0 aliphatic carbocycles. The van der Waals surface area contributed by atoms with Gasteiger partial charge in [-0.1, -0.05) is 59.3 Å². The van der Waals surface area contributed by atoms with E-state index in [0.29, 0.717) is 27.7 Å². The molecule has 0 bridgehead atoms. The molecule has 4 aromatic rings. The predicted molar refractivity (Wildman–Crippen MR) is 133 cm³/mol. The Labute approximate surface area is 202 Å². The number of carbonyl (C=O) groups is 1. The first-order chi connectivity index (χ1) is 16.5. The van der Waals surface area contributed by atoms with Crippen molar-refractivity contribution in [2.45, 2.75) is 13.0 Å². The molecule has 7 nitrogen and oxygen atoms in total. The van der Waals surface area contributed by atoms with Crippen molar-refractivity contribution in [3.8, 4) is 17.0 Å². The van der Waals surface area contributed by atoms with Gasteiger partial charge in [0.1, 0.15) is 17.5 Å². The number of methoxy groups -OCH3 is 1. The highest BCUT2D eigenvalue weighted by molar-refractivity contribution is 6.30. The van der Waals surface area contributed by atoms with Crippen LogP contribution in [0.3, 0.4) is 0 Å². The van der Waals surface area contributed by atoms with E-state index in [1.54, 1.807) is 36.1 Å². The van der Waals surface area contributed by atoms with Crippen molar-refractivity contribution in [1.82, 2.24) is 15.0 Å². The largest absolute Gasteiger partial charge is 0.497 e. The molecule has 8 heteroatoms. The zero-order valence-electron chi connectivity index (χ0n) is 18.6. The average Bonchev–Trinajstić information content (AvgIpc) is 3.28. The molecule has 0 fully saturated rings. The van der Waals surface area contributed by atoms with Crippen LogP contribution in [0.2, 0.25) is 5.02 Å². The van der Waals surface area contributed by atoms with Crippen molar-refractivity contribution >= 4 is 29.0 Å². The van der Waals surface area contributed by atoms with E-state index in [9.17, 15) is 4.79 Å². The van der Waals surface area contributed by atoms with Crippen LogP contribution in [0.4, 0.5) is 11.5 Å². The minimum Gasteiger partial charge on any atom is -0.497 e. The minimum absolute atomic E-state index is 0.238. The quantitative estimate of drug-likeness (QED) is 0.399. The maximum atomic E-state index is 13.5. The van der Waals surface area contributed by atoms with Crippen LogP contribution < -0.4 is 15.4 Å². The maximum absolute atomic E-state index is 13.5. The van der Waals surface area contributed by atoms with Crippen molar-refractivity contribution in [2.24, 2.45) is 0 Å². The number of halogens is 1. The van der Waals surface area contributed by atoms with E-state index >= 15 is 0 Å². The summed E-state index contributed by atoms with van der Waals surface area (Å²) in [6, 6.07) is 24.0. The Bertz CT molecular complexity index is 1360. The number of nitrogens with zero attached hydrogens (tertiary/aromatic N) is 3. The van der Waals surface area contributed by atoms with E-state index in [1.165, 1.54) is 0 Å². The van der Waals surface area contributed by atoms with Crippen LogP contribution in [0, 0.1) is 0 Å². The third kappa shape index (κ3) is 4.02. The van der Waals surface area contributed by atoms with Crippen LogP contribution >= 0.6 is 11.6 Å². The van der Waals surface area contributed by atoms with Gasteiger partial charge < -0.3 is 15.4 Å². The molecule has 1 aliphatic rings. The third-order valence-electron chi connectivity index (χ3n) is 5.75. The van der Waals surface area contributed by atoms with Gasteiger partial charge in [0.25, 0.3) is 5.91 Å². The molecule has 1 unspecified atom stereocenters. The van der Waals surface area contributed by atoms with Crippen molar-refractivity contribution in [2.75, 3.05) is 17.7 Å². The van der Waals surface area contributed by atoms with Crippen molar-refractivity contribution in [3.05, 3.63) is 101 Å². The summed E-state index contributed by atoms with van der Waals surface area (Å²) >= 11 is 6.15. The Morgan fingerprint density at radius 2 is 1.74 bits per heavy atom. The number of hydrogen-bond donors (Lipinski definition) is 2. The number of fused-ring (bicyclic) bond motifs is 1. The Kier molecular flexibility index (Phi) is 5.77. The maximum Gasteiger partial charge on any atom is 0.255 e. The molecule has 2 N–H and O–H groups in total. The molecule has 3 aromatic carbocycles. The van der Waals surface area contributed by atoms with Crippen LogP contribution in [0.5, 0.6) is 5.75 Å². The van der Waals surface area contributed by atoms with E-state index in [1.807, 2.05) is 61.5 Å². The molecule has 0 saturated carbocycles. The summed E-state index contributed by atoms with van der Waals surface area (Å²) in [4.78, 5) is 13.5. The number of nitrogens with one attached hydrogen (secondary N) is 2. The van der Waals surface area contributed by atoms with Gasteiger partial charge in [0, 0.05) is 22.0 Å². The summed E-state index contributed by atoms with van der Waals surface area (Å²) < 4.78 is 6.96.